The minimum atomic E-state index is -0.213. The summed E-state index contributed by atoms with van der Waals surface area (Å²) in [6, 6.07) is 24.6. The van der Waals surface area contributed by atoms with Crippen LogP contribution in [0.4, 0.5) is 5.69 Å². The molecule has 5 rings (SSSR count). The lowest BCUT2D eigenvalue weighted by Crippen LogP contribution is -2.31. The summed E-state index contributed by atoms with van der Waals surface area (Å²) in [7, 11) is 4.01. The maximum absolute atomic E-state index is 13.7. The topological polar surface area (TPSA) is 58.4 Å². The Balaban J connectivity index is 1.52. The van der Waals surface area contributed by atoms with Crippen molar-refractivity contribution in [3.63, 3.8) is 0 Å². The Morgan fingerprint density at radius 2 is 1.62 bits per heavy atom. The molecule has 0 spiro atoms. The third kappa shape index (κ3) is 5.17. The minimum Gasteiger partial charge on any atom is -0.435 e. The van der Waals surface area contributed by atoms with Gasteiger partial charge in [0.15, 0.2) is 11.5 Å². The van der Waals surface area contributed by atoms with Crippen molar-refractivity contribution in [2.75, 3.05) is 19.0 Å². The number of hydrogen-bond acceptors (Lipinski definition) is 4. The Morgan fingerprint density at radius 1 is 0.946 bits per heavy atom. The van der Waals surface area contributed by atoms with E-state index in [1.807, 2.05) is 61.5 Å². The number of rotatable bonds is 5. The average molecular weight is 494 g/mol. The van der Waals surface area contributed by atoms with Crippen LogP contribution in [0, 0.1) is 0 Å². The van der Waals surface area contributed by atoms with Gasteiger partial charge in [0.25, 0.3) is 5.91 Å². The van der Waals surface area contributed by atoms with Crippen LogP contribution in [0.15, 0.2) is 77.2 Å². The number of oxazole rings is 1. The summed E-state index contributed by atoms with van der Waals surface area (Å²) >= 11 is 0. The van der Waals surface area contributed by atoms with Crippen molar-refractivity contribution in [3.8, 4) is 22.8 Å². The van der Waals surface area contributed by atoms with Gasteiger partial charge in [0.2, 0.25) is 5.89 Å². The number of benzene rings is 3. The second-order valence-electron chi connectivity index (χ2n) is 11.1. The van der Waals surface area contributed by atoms with Gasteiger partial charge in [0.05, 0.1) is 6.04 Å². The van der Waals surface area contributed by atoms with Crippen molar-refractivity contribution in [2.24, 2.45) is 0 Å². The van der Waals surface area contributed by atoms with Crippen molar-refractivity contribution >= 4 is 11.6 Å². The second-order valence-corrected chi connectivity index (χ2v) is 11.1. The normalized spacial score (nSPS) is 15.2. The number of fused-ring (bicyclic) bond motifs is 1. The molecule has 0 saturated heterocycles. The predicted octanol–water partition coefficient (Wildman–Crippen LogP) is 7.18. The highest BCUT2D eigenvalue weighted by atomic mass is 16.4. The van der Waals surface area contributed by atoms with E-state index in [2.05, 4.69) is 56.4 Å². The van der Waals surface area contributed by atoms with Crippen LogP contribution in [0.5, 0.6) is 0 Å². The number of aryl methyl sites for hydroxylation is 1. The molecule has 1 N–H and O–H groups in total. The highest BCUT2D eigenvalue weighted by molar-refractivity contribution is 5.98. The van der Waals surface area contributed by atoms with E-state index in [-0.39, 0.29) is 17.4 Å². The van der Waals surface area contributed by atoms with Gasteiger partial charge in [-0.05, 0) is 77.8 Å². The van der Waals surface area contributed by atoms with E-state index in [9.17, 15) is 4.79 Å². The monoisotopic (exact) mass is 493 g/mol. The minimum absolute atomic E-state index is 0.0346. The molecule has 3 aromatic carbocycles. The summed E-state index contributed by atoms with van der Waals surface area (Å²) in [6.45, 7) is 6.57. The van der Waals surface area contributed by atoms with Crippen molar-refractivity contribution in [1.29, 1.82) is 0 Å². The smallest absolute Gasteiger partial charge is 0.274 e. The van der Waals surface area contributed by atoms with Crippen molar-refractivity contribution < 1.29 is 9.21 Å². The van der Waals surface area contributed by atoms with Gasteiger partial charge in [-0.25, -0.2) is 4.98 Å². The maximum Gasteiger partial charge on any atom is 0.274 e. The molecule has 1 aromatic heterocycles. The molecule has 37 heavy (non-hydrogen) atoms. The van der Waals surface area contributed by atoms with Gasteiger partial charge >= 0.3 is 0 Å². The van der Waals surface area contributed by atoms with Crippen LogP contribution in [-0.4, -0.2) is 25.0 Å². The van der Waals surface area contributed by atoms with E-state index in [0.717, 1.165) is 36.1 Å². The van der Waals surface area contributed by atoms with Crippen LogP contribution in [0.25, 0.3) is 22.8 Å². The Labute approximate surface area is 219 Å². The summed E-state index contributed by atoms with van der Waals surface area (Å²) in [5.41, 5.74) is 6.85. The first kappa shape index (κ1) is 24.8. The number of hydrogen-bond donors (Lipinski definition) is 1. The molecule has 0 aliphatic heterocycles. The fourth-order valence-corrected chi connectivity index (χ4v) is 4.95. The Hall–Kier alpha value is -3.86. The molecule has 1 unspecified atom stereocenters. The van der Waals surface area contributed by atoms with Crippen LogP contribution < -0.4 is 10.2 Å². The average Bonchev–Trinajstić information content (AvgIpc) is 3.34. The molecule has 1 aliphatic rings. The lowest BCUT2D eigenvalue weighted by Gasteiger charge is -2.26. The van der Waals surface area contributed by atoms with Gasteiger partial charge < -0.3 is 14.6 Å². The van der Waals surface area contributed by atoms with E-state index in [1.54, 1.807) is 0 Å². The van der Waals surface area contributed by atoms with Crippen molar-refractivity contribution in [2.45, 2.75) is 51.5 Å². The van der Waals surface area contributed by atoms with Crippen LogP contribution in [0.1, 0.15) is 66.8 Å². The summed E-state index contributed by atoms with van der Waals surface area (Å²) in [5.74, 6) is 0.720. The molecule has 4 aromatic rings. The van der Waals surface area contributed by atoms with Crippen LogP contribution >= 0.6 is 0 Å². The molecule has 1 atom stereocenters. The number of nitrogens with zero attached hydrogens (tertiary/aromatic N) is 2. The first-order chi connectivity index (χ1) is 17.7. The molecule has 1 aliphatic carbocycles. The number of nitrogens with one attached hydrogen (secondary N) is 1. The highest BCUT2D eigenvalue weighted by Gasteiger charge is 2.27. The first-order valence-corrected chi connectivity index (χ1v) is 13.0. The zero-order valence-electron chi connectivity index (χ0n) is 22.3. The molecule has 190 valence electrons. The summed E-state index contributed by atoms with van der Waals surface area (Å²) in [5, 5.41) is 3.26. The van der Waals surface area contributed by atoms with E-state index in [1.165, 1.54) is 16.7 Å². The molecule has 0 bridgehead atoms. The zero-order valence-corrected chi connectivity index (χ0v) is 22.3. The molecular weight excluding hydrogens is 458 g/mol. The summed E-state index contributed by atoms with van der Waals surface area (Å²) < 4.78 is 6.31. The Bertz CT molecular complexity index is 1390. The van der Waals surface area contributed by atoms with E-state index in [4.69, 9.17) is 9.40 Å². The zero-order chi connectivity index (χ0) is 26.2. The Morgan fingerprint density at radius 3 is 2.30 bits per heavy atom. The van der Waals surface area contributed by atoms with Crippen molar-refractivity contribution in [3.05, 3.63) is 95.2 Å². The molecule has 1 heterocycles. The number of amides is 1. The number of carbonyl (C=O) groups is 1. The first-order valence-electron chi connectivity index (χ1n) is 13.0. The second kappa shape index (κ2) is 9.89. The predicted molar refractivity (Wildman–Crippen MR) is 150 cm³/mol. The lowest BCUT2D eigenvalue weighted by molar-refractivity contribution is 0.0928. The van der Waals surface area contributed by atoms with Crippen LogP contribution in [-0.2, 0) is 11.8 Å². The fourth-order valence-electron chi connectivity index (χ4n) is 4.95. The number of anilines is 1. The third-order valence-corrected chi connectivity index (χ3v) is 7.16. The van der Waals surface area contributed by atoms with E-state index >= 15 is 0 Å². The lowest BCUT2D eigenvalue weighted by atomic mass is 9.87. The van der Waals surface area contributed by atoms with Gasteiger partial charge in [-0.1, -0.05) is 57.2 Å². The summed E-state index contributed by atoms with van der Waals surface area (Å²) in [6.07, 6.45) is 3.00. The van der Waals surface area contributed by atoms with Crippen LogP contribution in [0.3, 0.4) is 0 Å². The molecule has 5 nitrogen and oxygen atoms in total. The summed E-state index contributed by atoms with van der Waals surface area (Å²) in [4.78, 5) is 20.5. The van der Waals surface area contributed by atoms with Gasteiger partial charge in [0.1, 0.15) is 0 Å². The van der Waals surface area contributed by atoms with Crippen LogP contribution in [0.2, 0.25) is 0 Å². The number of aromatic nitrogens is 1. The van der Waals surface area contributed by atoms with Gasteiger partial charge in [-0.2, -0.15) is 0 Å². The van der Waals surface area contributed by atoms with Crippen molar-refractivity contribution in [1.82, 2.24) is 10.3 Å². The molecule has 0 saturated carbocycles. The maximum atomic E-state index is 13.7. The van der Waals surface area contributed by atoms with E-state index < -0.39 is 0 Å². The number of carbonyl (C=O) groups excluding carboxylic acids is 1. The molecular formula is C32H35N3O2. The van der Waals surface area contributed by atoms with Gasteiger partial charge in [-0.15, -0.1) is 0 Å². The molecule has 5 heteroatoms. The molecule has 0 fully saturated rings. The fraction of sp³-hybridized carbons (Fsp3) is 0.312. The highest BCUT2D eigenvalue weighted by Crippen LogP contribution is 2.34. The van der Waals surface area contributed by atoms with Gasteiger partial charge in [0, 0.05) is 30.9 Å². The van der Waals surface area contributed by atoms with Gasteiger partial charge in [-0.3, -0.25) is 4.79 Å². The SMILES string of the molecule is CN(C)c1ccc(-c2oc(-c3ccc(C(C)(C)C)cc3)nc2C(=O)NC2CCCc3ccccc32)cc1. The Kier molecular flexibility index (Phi) is 6.63. The molecule has 0 radical (unpaired) electrons. The van der Waals surface area contributed by atoms with E-state index in [0.29, 0.717) is 17.3 Å². The quantitative estimate of drug-likeness (QED) is 0.320. The largest absolute Gasteiger partial charge is 0.435 e. The molecule has 1 amide bonds. The third-order valence-electron chi connectivity index (χ3n) is 7.16. The standard InChI is InChI=1S/C32H35N3O2/c1-32(2,3)24-17-13-23(14-18-24)31-34-28(29(37-31)22-15-19-25(20-16-22)35(4)5)30(36)33-27-12-8-10-21-9-6-7-11-26(21)27/h6-7,9,11,13-20,27H,8,10,12H2,1-5H3,(H,33,36).